The second kappa shape index (κ2) is 16.2. The van der Waals surface area contributed by atoms with Crippen LogP contribution in [-0.4, -0.2) is 56.3 Å². The van der Waals surface area contributed by atoms with Crippen molar-refractivity contribution in [1.29, 1.82) is 0 Å². The van der Waals surface area contributed by atoms with Crippen LogP contribution in [0.4, 0.5) is 0 Å². The number of nitrogens with one attached hydrogen (secondary N) is 1. The van der Waals surface area contributed by atoms with Crippen LogP contribution >= 0.6 is 11.6 Å². The highest BCUT2D eigenvalue weighted by Crippen LogP contribution is 2.39. The van der Waals surface area contributed by atoms with Crippen LogP contribution in [0.25, 0.3) is 0 Å². The van der Waals surface area contributed by atoms with Gasteiger partial charge in [-0.15, -0.1) is 11.6 Å². The maximum atomic E-state index is 12.4. The molecule has 0 radical (unpaired) electrons. The molecule has 0 saturated carbocycles. The van der Waals surface area contributed by atoms with E-state index in [4.69, 9.17) is 35.7 Å². The Morgan fingerprint density at radius 1 is 1.05 bits per heavy atom. The first-order valence-electron chi connectivity index (χ1n) is 14.2. The highest BCUT2D eigenvalue weighted by molar-refractivity contribution is 6.17. The Labute approximate surface area is 242 Å². The second-order valence-corrected chi connectivity index (χ2v) is 10.3. The number of carboxylic acid groups (broad SMARTS) is 1. The molecule has 1 amide bonds. The van der Waals surface area contributed by atoms with Gasteiger partial charge in [0.15, 0.2) is 0 Å². The van der Waals surface area contributed by atoms with Crippen LogP contribution < -0.4 is 24.3 Å². The molecule has 3 rings (SSSR count). The number of rotatable bonds is 17. The second-order valence-electron chi connectivity index (χ2n) is 9.89. The van der Waals surface area contributed by atoms with Gasteiger partial charge in [-0.3, -0.25) is 9.59 Å². The van der Waals surface area contributed by atoms with Gasteiger partial charge in [-0.2, -0.15) is 0 Å². The van der Waals surface area contributed by atoms with E-state index in [1.165, 1.54) is 0 Å². The van der Waals surface area contributed by atoms with E-state index in [0.717, 1.165) is 66.7 Å². The Kier molecular flexibility index (Phi) is 12.7. The van der Waals surface area contributed by atoms with Crippen molar-refractivity contribution in [3.63, 3.8) is 0 Å². The monoisotopic (exact) mass is 575 g/mol. The van der Waals surface area contributed by atoms with E-state index in [2.05, 4.69) is 18.3 Å². The molecular formula is C31H42ClNO7. The molecule has 1 atom stereocenters. The third kappa shape index (κ3) is 8.43. The average Bonchev–Trinajstić information content (AvgIpc) is 2.96. The first-order chi connectivity index (χ1) is 19.4. The molecule has 1 aliphatic heterocycles. The topological polar surface area (TPSA) is 103 Å². The summed E-state index contributed by atoms with van der Waals surface area (Å²) in [7, 11) is 3.16. The van der Waals surface area contributed by atoms with E-state index in [1.807, 2.05) is 12.1 Å². The fourth-order valence-corrected chi connectivity index (χ4v) is 5.19. The van der Waals surface area contributed by atoms with Crippen LogP contribution in [0, 0.1) is 0 Å². The Hall–Kier alpha value is -3.13. The first kappa shape index (κ1) is 31.4. The van der Waals surface area contributed by atoms with Gasteiger partial charge in [0.1, 0.15) is 23.0 Å². The summed E-state index contributed by atoms with van der Waals surface area (Å²) in [5, 5.41) is 11.7. The number of methoxy groups -OCH3 is 1. The predicted molar refractivity (Wildman–Crippen MR) is 156 cm³/mol. The van der Waals surface area contributed by atoms with Crippen molar-refractivity contribution in [3.05, 3.63) is 46.5 Å². The summed E-state index contributed by atoms with van der Waals surface area (Å²) in [6, 6.07) is 7.62. The molecule has 0 saturated heterocycles. The summed E-state index contributed by atoms with van der Waals surface area (Å²) in [5.41, 5.74) is 3.55. The van der Waals surface area contributed by atoms with Crippen molar-refractivity contribution in [2.45, 2.75) is 77.2 Å². The highest BCUT2D eigenvalue weighted by atomic mass is 35.5. The number of unbranched alkanes of at least 4 members (excludes halogenated alkanes) is 1. The first-order valence-corrected chi connectivity index (χ1v) is 14.7. The van der Waals surface area contributed by atoms with Gasteiger partial charge >= 0.3 is 5.97 Å². The molecule has 1 aliphatic rings. The van der Waals surface area contributed by atoms with Crippen molar-refractivity contribution in [1.82, 2.24) is 5.32 Å². The molecule has 2 aromatic carbocycles. The molecule has 2 N–H and O–H groups in total. The van der Waals surface area contributed by atoms with Crippen LogP contribution in [0.2, 0.25) is 0 Å². The quantitative estimate of drug-likeness (QED) is 0.177. The molecule has 9 heteroatoms. The normalized spacial score (nSPS) is 14.2. The number of carbonyl (C=O) groups excluding carboxylic acids is 1. The number of aliphatic carboxylic acids is 1. The fraction of sp³-hybridized carbons (Fsp3) is 0.548. The standard InChI is InChI=1S/C31H42ClNO7/c1-4-8-23-26(15-11-21-10-12-22(40-29(21)23)13-17-28(34)35)38-19-7-20-39-27-16-14-25(31(36)33-2)30(37-3)24(27)9-5-6-18-32/h11,14-16,22H,4-10,12-13,17-20H2,1-3H3,(H,33,36)(H,34,35). The Bertz CT molecular complexity index is 1140. The fourth-order valence-electron chi connectivity index (χ4n) is 5.00. The van der Waals surface area contributed by atoms with Crippen LogP contribution in [0.15, 0.2) is 24.3 Å². The van der Waals surface area contributed by atoms with Gasteiger partial charge in [-0.1, -0.05) is 19.4 Å². The van der Waals surface area contributed by atoms with Gasteiger partial charge in [0.2, 0.25) is 0 Å². The van der Waals surface area contributed by atoms with Crippen LogP contribution in [0.1, 0.15) is 78.9 Å². The maximum absolute atomic E-state index is 12.4. The van der Waals surface area contributed by atoms with E-state index < -0.39 is 5.97 Å². The van der Waals surface area contributed by atoms with Gasteiger partial charge in [0.05, 0.1) is 32.0 Å². The Morgan fingerprint density at radius 3 is 2.42 bits per heavy atom. The summed E-state index contributed by atoms with van der Waals surface area (Å²) in [5.74, 6) is 2.45. The van der Waals surface area contributed by atoms with Crippen LogP contribution in [0.5, 0.6) is 23.0 Å². The SMILES string of the molecule is CCCc1c(OCCCOc2ccc(C(=O)NC)c(OC)c2CCCCCl)ccc2c1OC(CCC(=O)O)CC2. The average molecular weight is 576 g/mol. The molecule has 220 valence electrons. The number of carbonyl (C=O) groups is 2. The number of halogens is 1. The lowest BCUT2D eigenvalue weighted by Crippen LogP contribution is -2.24. The zero-order valence-electron chi connectivity index (χ0n) is 23.9. The summed E-state index contributed by atoms with van der Waals surface area (Å²) in [6.45, 7) is 3.02. The number of hydrogen-bond acceptors (Lipinski definition) is 6. The lowest BCUT2D eigenvalue weighted by atomic mass is 9.95. The Morgan fingerprint density at radius 2 is 1.77 bits per heavy atom. The number of carboxylic acids is 1. The van der Waals surface area contributed by atoms with E-state index in [0.29, 0.717) is 55.4 Å². The molecule has 8 nitrogen and oxygen atoms in total. The summed E-state index contributed by atoms with van der Waals surface area (Å²) < 4.78 is 24.3. The highest BCUT2D eigenvalue weighted by Gasteiger charge is 2.25. The van der Waals surface area contributed by atoms with Crippen molar-refractivity contribution in [3.8, 4) is 23.0 Å². The van der Waals surface area contributed by atoms with Crippen molar-refractivity contribution >= 4 is 23.5 Å². The van der Waals surface area contributed by atoms with Gasteiger partial charge < -0.3 is 29.4 Å². The van der Waals surface area contributed by atoms with E-state index in [1.54, 1.807) is 20.2 Å². The third-order valence-corrected chi connectivity index (χ3v) is 7.27. The number of fused-ring (bicyclic) bond motifs is 1. The van der Waals surface area contributed by atoms with Gasteiger partial charge in [-0.25, -0.2) is 0 Å². The molecule has 0 aromatic heterocycles. The summed E-state index contributed by atoms with van der Waals surface area (Å²) in [6.07, 6.45) is 7.05. The van der Waals surface area contributed by atoms with Crippen molar-refractivity contribution < 1.29 is 33.6 Å². The largest absolute Gasteiger partial charge is 0.495 e. The number of benzene rings is 2. The zero-order valence-corrected chi connectivity index (χ0v) is 24.6. The molecule has 0 aliphatic carbocycles. The van der Waals surface area contributed by atoms with Crippen LogP contribution in [0.3, 0.4) is 0 Å². The lowest BCUT2D eigenvalue weighted by Gasteiger charge is -2.29. The maximum Gasteiger partial charge on any atom is 0.303 e. The number of ether oxygens (including phenoxy) is 4. The smallest absolute Gasteiger partial charge is 0.303 e. The minimum Gasteiger partial charge on any atom is -0.495 e. The predicted octanol–water partition coefficient (Wildman–Crippen LogP) is 5.98. The molecule has 2 aromatic rings. The van der Waals surface area contributed by atoms with Gasteiger partial charge in [0.25, 0.3) is 5.91 Å². The van der Waals surface area contributed by atoms with Crippen molar-refractivity contribution in [2.75, 3.05) is 33.3 Å². The molecule has 40 heavy (non-hydrogen) atoms. The number of aryl methyl sites for hydroxylation is 1. The van der Waals surface area contributed by atoms with Crippen LogP contribution in [-0.2, 0) is 24.1 Å². The molecule has 1 unspecified atom stereocenters. The number of amides is 1. The van der Waals surface area contributed by atoms with Gasteiger partial charge in [-0.05, 0) is 68.7 Å². The van der Waals surface area contributed by atoms with E-state index >= 15 is 0 Å². The Balaban J connectivity index is 1.65. The summed E-state index contributed by atoms with van der Waals surface area (Å²) in [4.78, 5) is 23.4. The van der Waals surface area contributed by atoms with Gasteiger partial charge in [0, 0.05) is 36.9 Å². The van der Waals surface area contributed by atoms with E-state index in [9.17, 15) is 9.59 Å². The minimum atomic E-state index is -0.800. The van der Waals surface area contributed by atoms with E-state index in [-0.39, 0.29) is 18.4 Å². The number of alkyl halides is 1. The summed E-state index contributed by atoms with van der Waals surface area (Å²) >= 11 is 5.89. The molecular weight excluding hydrogens is 534 g/mol. The molecule has 0 fully saturated rings. The van der Waals surface area contributed by atoms with Crippen molar-refractivity contribution in [2.24, 2.45) is 0 Å². The third-order valence-electron chi connectivity index (χ3n) is 7.01. The lowest BCUT2D eigenvalue weighted by molar-refractivity contribution is -0.137. The molecule has 1 heterocycles. The number of hydrogen-bond donors (Lipinski definition) is 2. The molecule has 0 spiro atoms. The molecule has 0 bridgehead atoms. The minimum absolute atomic E-state index is 0.0896. The zero-order chi connectivity index (χ0) is 28.9.